The molecule has 0 unspecified atom stereocenters. The fourth-order valence-electron chi connectivity index (χ4n) is 2.51. The highest BCUT2D eigenvalue weighted by atomic mass is 32.2. The number of hydrogen-bond acceptors (Lipinski definition) is 3. The van der Waals surface area contributed by atoms with Crippen LogP contribution in [-0.2, 0) is 9.84 Å². The monoisotopic (exact) mass is 402 g/mol. The predicted octanol–water partition coefficient (Wildman–Crippen LogP) is 4.30. The molecule has 27 heavy (non-hydrogen) atoms. The first-order valence-corrected chi connectivity index (χ1v) is 9.30. The molecule has 0 saturated heterocycles. The quantitative estimate of drug-likeness (QED) is 0.612. The van der Waals surface area contributed by atoms with E-state index in [1.165, 1.54) is 12.1 Å². The third-order valence-electron chi connectivity index (χ3n) is 3.70. The zero-order valence-corrected chi connectivity index (χ0v) is 14.4. The first-order chi connectivity index (χ1) is 12.6. The van der Waals surface area contributed by atoms with Crippen LogP contribution in [0.2, 0.25) is 0 Å². The summed E-state index contributed by atoms with van der Waals surface area (Å²) in [4.78, 5) is -0.866. The highest BCUT2D eigenvalue weighted by Crippen LogP contribution is 2.32. The van der Waals surface area contributed by atoms with Crippen LogP contribution in [0.4, 0.5) is 22.0 Å². The summed E-state index contributed by atoms with van der Waals surface area (Å²) < 4.78 is 92.2. The van der Waals surface area contributed by atoms with E-state index >= 15 is 0 Å². The van der Waals surface area contributed by atoms with E-state index in [9.17, 15) is 30.4 Å². The van der Waals surface area contributed by atoms with Crippen LogP contribution >= 0.6 is 0 Å². The van der Waals surface area contributed by atoms with Crippen molar-refractivity contribution in [1.29, 1.82) is 0 Å². The van der Waals surface area contributed by atoms with Gasteiger partial charge in [-0.3, -0.25) is 0 Å². The minimum atomic E-state index is -4.04. The summed E-state index contributed by atoms with van der Waals surface area (Å²) in [5.74, 6) is -3.10. The molecular weight excluding hydrogens is 391 g/mol. The number of hydrogen-bond donors (Lipinski definition) is 0. The van der Waals surface area contributed by atoms with Crippen LogP contribution in [0.3, 0.4) is 0 Å². The lowest BCUT2D eigenvalue weighted by Crippen LogP contribution is -2.05. The lowest BCUT2D eigenvalue weighted by atomic mass is 10.1. The van der Waals surface area contributed by atoms with Gasteiger partial charge in [-0.1, -0.05) is 6.07 Å². The second kappa shape index (κ2) is 6.76. The van der Waals surface area contributed by atoms with Crippen LogP contribution in [0.15, 0.2) is 47.4 Å². The van der Waals surface area contributed by atoms with E-state index in [4.69, 9.17) is 0 Å². The molecule has 3 aromatic rings. The second-order valence-electron chi connectivity index (χ2n) is 5.68. The molecule has 1 aromatic heterocycles. The molecular formula is C17H11F5N2O2S. The maximum Gasteiger partial charge on any atom is 0.282 e. The molecule has 0 aliphatic rings. The van der Waals surface area contributed by atoms with E-state index in [2.05, 4.69) is 5.10 Å². The zero-order chi connectivity index (χ0) is 19.9. The van der Waals surface area contributed by atoms with Crippen molar-refractivity contribution in [2.24, 2.45) is 0 Å². The molecule has 0 amide bonds. The molecule has 0 bridgehead atoms. The molecule has 1 heterocycles. The number of alkyl halides is 2. The number of nitrogens with zero attached hydrogens (tertiary/aromatic N) is 2. The number of aromatic nitrogens is 2. The average Bonchev–Trinajstić information content (AvgIpc) is 3.01. The van der Waals surface area contributed by atoms with Crippen molar-refractivity contribution in [3.8, 4) is 16.9 Å². The molecule has 0 spiro atoms. The van der Waals surface area contributed by atoms with Crippen molar-refractivity contribution < 1.29 is 30.4 Å². The Hall–Kier alpha value is -2.75. The van der Waals surface area contributed by atoms with E-state index in [0.717, 1.165) is 22.9 Å². The summed E-state index contributed by atoms with van der Waals surface area (Å²) in [7, 11) is -4.04. The maximum atomic E-state index is 14.5. The highest BCUT2D eigenvalue weighted by molar-refractivity contribution is 7.90. The van der Waals surface area contributed by atoms with Gasteiger partial charge in [0.1, 0.15) is 28.0 Å². The van der Waals surface area contributed by atoms with E-state index in [0.29, 0.717) is 18.4 Å². The highest BCUT2D eigenvalue weighted by Gasteiger charge is 2.23. The van der Waals surface area contributed by atoms with Gasteiger partial charge in [-0.15, -0.1) is 0 Å². The Bertz CT molecular complexity index is 1130. The van der Waals surface area contributed by atoms with Gasteiger partial charge in [0.15, 0.2) is 9.84 Å². The van der Waals surface area contributed by atoms with Crippen molar-refractivity contribution >= 4 is 9.84 Å². The SMILES string of the molecule is CS(=O)(=O)c1cc(F)c(-c2cc(C(F)F)nn2-c2cccc(F)c2)cc1F. The molecule has 142 valence electrons. The van der Waals surface area contributed by atoms with Gasteiger partial charge in [-0.05, 0) is 36.4 Å². The summed E-state index contributed by atoms with van der Waals surface area (Å²) in [5, 5.41) is 3.63. The topological polar surface area (TPSA) is 52.0 Å². The van der Waals surface area contributed by atoms with Gasteiger partial charge in [0.2, 0.25) is 0 Å². The van der Waals surface area contributed by atoms with Crippen molar-refractivity contribution in [1.82, 2.24) is 9.78 Å². The Morgan fingerprint density at radius 2 is 1.70 bits per heavy atom. The predicted molar refractivity (Wildman–Crippen MR) is 86.9 cm³/mol. The fraction of sp³-hybridized carbons (Fsp3) is 0.118. The third-order valence-corrected chi connectivity index (χ3v) is 4.81. The molecule has 0 N–H and O–H groups in total. The molecule has 0 aliphatic heterocycles. The fourth-order valence-corrected chi connectivity index (χ4v) is 3.24. The van der Waals surface area contributed by atoms with E-state index < -0.39 is 49.9 Å². The molecule has 0 radical (unpaired) electrons. The first kappa shape index (κ1) is 19.0. The number of rotatable bonds is 4. The number of benzene rings is 2. The second-order valence-corrected chi connectivity index (χ2v) is 7.67. The van der Waals surface area contributed by atoms with Crippen LogP contribution in [0, 0.1) is 17.5 Å². The minimum absolute atomic E-state index is 0.00361. The number of sulfone groups is 1. The largest absolute Gasteiger partial charge is 0.282 e. The van der Waals surface area contributed by atoms with Gasteiger partial charge in [-0.2, -0.15) is 5.10 Å². The van der Waals surface area contributed by atoms with Crippen molar-refractivity contribution in [2.75, 3.05) is 6.26 Å². The van der Waals surface area contributed by atoms with Crippen LogP contribution in [0.5, 0.6) is 0 Å². The van der Waals surface area contributed by atoms with Crippen molar-refractivity contribution in [2.45, 2.75) is 11.3 Å². The lowest BCUT2D eigenvalue weighted by Gasteiger charge is -2.10. The molecule has 10 heteroatoms. The van der Waals surface area contributed by atoms with E-state index in [1.54, 1.807) is 0 Å². The Labute approximate surface area is 150 Å². The molecule has 0 atom stereocenters. The summed E-state index contributed by atoms with van der Waals surface area (Å²) in [5.41, 5.74) is -1.51. The van der Waals surface area contributed by atoms with Crippen molar-refractivity contribution in [3.05, 3.63) is 65.6 Å². The third kappa shape index (κ3) is 3.70. The molecule has 0 saturated carbocycles. The zero-order valence-electron chi connectivity index (χ0n) is 13.6. The first-order valence-electron chi connectivity index (χ1n) is 7.41. The van der Waals surface area contributed by atoms with E-state index in [-0.39, 0.29) is 11.4 Å². The summed E-state index contributed by atoms with van der Waals surface area (Å²) in [6.45, 7) is 0. The molecule has 2 aromatic carbocycles. The standard InChI is InChI=1S/C17H11F5N2O2S/c1-27(25,26)16-7-12(19)11(6-13(16)20)15-8-14(17(21)22)23-24(15)10-4-2-3-9(18)5-10/h2-8,17H,1H3. The lowest BCUT2D eigenvalue weighted by molar-refractivity contribution is 0.145. The Balaban J connectivity index is 2.27. The Morgan fingerprint density at radius 3 is 2.30 bits per heavy atom. The van der Waals surface area contributed by atoms with Gasteiger partial charge in [0.25, 0.3) is 6.43 Å². The summed E-state index contributed by atoms with van der Waals surface area (Å²) in [6, 6.07) is 6.59. The number of halogens is 5. The van der Waals surface area contributed by atoms with Gasteiger partial charge in [0.05, 0.1) is 11.4 Å². The Morgan fingerprint density at radius 1 is 1.00 bits per heavy atom. The maximum absolute atomic E-state index is 14.5. The normalized spacial score (nSPS) is 12.0. The molecule has 3 rings (SSSR count). The van der Waals surface area contributed by atoms with Crippen LogP contribution < -0.4 is 0 Å². The van der Waals surface area contributed by atoms with Crippen LogP contribution in [-0.4, -0.2) is 24.5 Å². The average molecular weight is 402 g/mol. The summed E-state index contributed by atoms with van der Waals surface area (Å²) >= 11 is 0. The smallest absolute Gasteiger partial charge is 0.232 e. The molecule has 0 fully saturated rings. The molecule has 4 nitrogen and oxygen atoms in total. The van der Waals surface area contributed by atoms with Gasteiger partial charge < -0.3 is 0 Å². The van der Waals surface area contributed by atoms with Gasteiger partial charge in [-0.25, -0.2) is 35.1 Å². The molecule has 0 aliphatic carbocycles. The van der Waals surface area contributed by atoms with Crippen molar-refractivity contribution in [3.63, 3.8) is 0 Å². The van der Waals surface area contributed by atoms with Crippen LogP contribution in [0.1, 0.15) is 12.1 Å². The van der Waals surface area contributed by atoms with Gasteiger partial charge in [0, 0.05) is 11.8 Å². The van der Waals surface area contributed by atoms with Gasteiger partial charge >= 0.3 is 0 Å². The van der Waals surface area contributed by atoms with Crippen LogP contribution in [0.25, 0.3) is 16.9 Å². The summed E-state index contributed by atoms with van der Waals surface area (Å²) in [6.07, 6.45) is -2.31. The van der Waals surface area contributed by atoms with E-state index in [1.807, 2.05) is 0 Å². The minimum Gasteiger partial charge on any atom is -0.232 e. The Kier molecular flexibility index (Phi) is 4.77.